The Morgan fingerprint density at radius 3 is 2.80 bits per heavy atom. The third kappa shape index (κ3) is 6.84. The predicted molar refractivity (Wildman–Crippen MR) is 85.4 cm³/mol. The Morgan fingerprint density at radius 2 is 2.20 bits per heavy atom. The van der Waals surface area contributed by atoms with Crippen LogP contribution in [0.4, 0.5) is 0 Å². The van der Waals surface area contributed by atoms with Crippen LogP contribution in [0.3, 0.4) is 0 Å². The van der Waals surface area contributed by atoms with E-state index < -0.39 is 5.60 Å². The van der Waals surface area contributed by atoms with Crippen LogP contribution < -0.4 is 5.32 Å². The molecule has 2 N–H and O–H groups in total. The van der Waals surface area contributed by atoms with Gasteiger partial charge in [0.25, 0.3) is 0 Å². The number of nitrogens with zero attached hydrogens (tertiary/aromatic N) is 1. The van der Waals surface area contributed by atoms with Crippen molar-refractivity contribution in [2.24, 2.45) is 0 Å². The molecule has 1 rings (SSSR count). The van der Waals surface area contributed by atoms with Crippen LogP contribution in [0.2, 0.25) is 0 Å². The third-order valence-corrected chi connectivity index (χ3v) is 3.07. The first-order chi connectivity index (χ1) is 9.28. The third-order valence-electron chi connectivity index (χ3n) is 2.58. The van der Waals surface area contributed by atoms with Crippen molar-refractivity contribution in [1.82, 2.24) is 10.2 Å². The van der Waals surface area contributed by atoms with Crippen molar-refractivity contribution in [2.75, 3.05) is 27.2 Å². The van der Waals surface area contributed by atoms with Gasteiger partial charge in [-0.15, -0.1) is 0 Å². The monoisotopic (exact) mass is 340 g/mol. The minimum Gasteiger partial charge on any atom is -0.387 e. The van der Waals surface area contributed by atoms with Gasteiger partial charge in [-0.2, -0.15) is 0 Å². The van der Waals surface area contributed by atoms with Gasteiger partial charge in [0.1, 0.15) is 0 Å². The maximum absolute atomic E-state index is 11.7. The number of hydrogen-bond donors (Lipinski definition) is 2. The van der Waals surface area contributed by atoms with Crippen molar-refractivity contribution in [2.45, 2.75) is 12.5 Å². The van der Waals surface area contributed by atoms with Crippen molar-refractivity contribution in [1.29, 1.82) is 0 Å². The molecule has 0 aromatic heterocycles. The average Bonchev–Trinajstić information content (AvgIpc) is 2.32. The lowest BCUT2D eigenvalue weighted by atomic mass is 10.1. The number of rotatable bonds is 6. The molecule has 0 saturated heterocycles. The highest BCUT2D eigenvalue weighted by atomic mass is 79.9. The van der Waals surface area contributed by atoms with E-state index in [1.54, 1.807) is 13.0 Å². The second-order valence-electron chi connectivity index (χ2n) is 5.34. The van der Waals surface area contributed by atoms with E-state index in [1.165, 1.54) is 6.08 Å². The predicted octanol–water partition coefficient (Wildman–Crippen LogP) is 1.89. The molecule has 1 aromatic carbocycles. The molecule has 0 fully saturated rings. The van der Waals surface area contributed by atoms with Gasteiger partial charge in [0.2, 0.25) is 5.91 Å². The fourth-order valence-corrected chi connectivity index (χ4v) is 2.27. The van der Waals surface area contributed by atoms with E-state index in [1.807, 2.05) is 43.3 Å². The number of carbonyl (C=O) groups excluding carboxylic acids is 1. The molecule has 0 bridgehead atoms. The molecule has 0 radical (unpaired) electrons. The highest BCUT2D eigenvalue weighted by Crippen LogP contribution is 2.12. The van der Waals surface area contributed by atoms with E-state index in [-0.39, 0.29) is 12.5 Å². The van der Waals surface area contributed by atoms with E-state index in [2.05, 4.69) is 21.2 Å². The molecule has 5 heteroatoms. The van der Waals surface area contributed by atoms with Crippen molar-refractivity contribution in [3.8, 4) is 0 Å². The zero-order valence-electron chi connectivity index (χ0n) is 12.1. The summed E-state index contributed by atoms with van der Waals surface area (Å²) >= 11 is 3.38. The summed E-state index contributed by atoms with van der Waals surface area (Å²) in [4.78, 5) is 13.6. The van der Waals surface area contributed by atoms with E-state index in [0.717, 1.165) is 10.0 Å². The molecule has 1 atom stereocenters. The minimum atomic E-state index is -0.942. The Kier molecular flexibility index (Phi) is 6.39. The van der Waals surface area contributed by atoms with Gasteiger partial charge in [-0.3, -0.25) is 4.79 Å². The molecule has 0 saturated carbocycles. The molecule has 0 spiro atoms. The second kappa shape index (κ2) is 7.57. The SMILES string of the molecule is CN(C)CC(C)(O)CNC(=O)/C=C/c1cccc(Br)c1. The van der Waals surface area contributed by atoms with Crippen LogP contribution in [0.15, 0.2) is 34.8 Å². The van der Waals surface area contributed by atoms with Gasteiger partial charge in [-0.25, -0.2) is 0 Å². The maximum atomic E-state index is 11.7. The molecule has 0 heterocycles. The summed E-state index contributed by atoms with van der Waals surface area (Å²) in [5.41, 5.74) is -0.00227. The van der Waals surface area contributed by atoms with E-state index >= 15 is 0 Å². The lowest BCUT2D eigenvalue weighted by molar-refractivity contribution is -0.117. The Hall–Kier alpha value is -1.17. The van der Waals surface area contributed by atoms with Crippen LogP contribution in [-0.4, -0.2) is 48.7 Å². The summed E-state index contributed by atoms with van der Waals surface area (Å²) in [5, 5.41) is 12.8. The lowest BCUT2D eigenvalue weighted by Crippen LogP contribution is -2.46. The molecule has 0 aliphatic carbocycles. The fourth-order valence-electron chi connectivity index (χ4n) is 1.86. The van der Waals surface area contributed by atoms with Gasteiger partial charge in [0, 0.05) is 23.6 Å². The molecule has 1 amide bonds. The number of carbonyl (C=O) groups is 1. The average molecular weight is 341 g/mol. The standard InChI is InChI=1S/C15H21BrN2O2/c1-15(20,11-18(2)3)10-17-14(19)8-7-12-5-4-6-13(16)9-12/h4-9,20H,10-11H2,1-3H3,(H,17,19)/b8-7+. The number of likely N-dealkylation sites (N-methyl/N-ethyl adjacent to an activating group) is 1. The normalized spacial score (nSPS) is 14.5. The van der Waals surface area contributed by atoms with Gasteiger partial charge >= 0.3 is 0 Å². The zero-order valence-corrected chi connectivity index (χ0v) is 13.6. The Bertz CT molecular complexity index is 485. The lowest BCUT2D eigenvalue weighted by Gasteiger charge is -2.26. The maximum Gasteiger partial charge on any atom is 0.244 e. The number of nitrogens with one attached hydrogen (secondary N) is 1. The van der Waals surface area contributed by atoms with E-state index in [4.69, 9.17) is 0 Å². The summed E-state index contributed by atoms with van der Waals surface area (Å²) in [5.74, 6) is -0.219. The summed E-state index contributed by atoms with van der Waals surface area (Å²) in [6.45, 7) is 2.40. The molecular formula is C15H21BrN2O2. The van der Waals surface area contributed by atoms with Gasteiger partial charge < -0.3 is 15.3 Å². The molecule has 1 unspecified atom stereocenters. The number of halogens is 1. The molecule has 4 nitrogen and oxygen atoms in total. The second-order valence-corrected chi connectivity index (χ2v) is 6.26. The van der Waals surface area contributed by atoms with E-state index in [9.17, 15) is 9.90 Å². The molecule has 0 aliphatic heterocycles. The van der Waals surface area contributed by atoms with Crippen LogP contribution in [0.25, 0.3) is 6.08 Å². The molecule has 110 valence electrons. The van der Waals surface area contributed by atoms with Gasteiger partial charge in [0.05, 0.1) is 5.60 Å². The number of aliphatic hydroxyl groups is 1. The largest absolute Gasteiger partial charge is 0.387 e. The van der Waals surface area contributed by atoms with Crippen LogP contribution in [0.5, 0.6) is 0 Å². The molecule has 20 heavy (non-hydrogen) atoms. The minimum absolute atomic E-state index is 0.215. The summed E-state index contributed by atoms with van der Waals surface area (Å²) < 4.78 is 0.967. The number of amides is 1. The zero-order chi connectivity index (χ0) is 15.2. The van der Waals surface area contributed by atoms with Crippen molar-refractivity contribution in [3.05, 3.63) is 40.4 Å². The van der Waals surface area contributed by atoms with Crippen LogP contribution >= 0.6 is 15.9 Å². The Labute approximate surface area is 128 Å². The molecular weight excluding hydrogens is 320 g/mol. The summed E-state index contributed by atoms with van der Waals surface area (Å²) in [7, 11) is 3.76. The van der Waals surface area contributed by atoms with Crippen molar-refractivity contribution < 1.29 is 9.90 Å². The number of benzene rings is 1. The molecule has 0 aliphatic rings. The van der Waals surface area contributed by atoms with Gasteiger partial charge in [-0.1, -0.05) is 28.1 Å². The van der Waals surface area contributed by atoms with Gasteiger partial charge in [-0.05, 0) is 44.8 Å². The summed E-state index contributed by atoms with van der Waals surface area (Å²) in [6.07, 6.45) is 3.20. The first-order valence-electron chi connectivity index (χ1n) is 6.37. The van der Waals surface area contributed by atoms with Crippen molar-refractivity contribution >= 4 is 27.9 Å². The van der Waals surface area contributed by atoms with Crippen LogP contribution in [0, 0.1) is 0 Å². The highest BCUT2D eigenvalue weighted by Gasteiger charge is 2.21. The fraction of sp³-hybridized carbons (Fsp3) is 0.400. The van der Waals surface area contributed by atoms with Gasteiger partial charge in [0.15, 0.2) is 0 Å². The first-order valence-corrected chi connectivity index (χ1v) is 7.16. The summed E-state index contributed by atoms with van der Waals surface area (Å²) in [6, 6.07) is 7.67. The van der Waals surface area contributed by atoms with Crippen LogP contribution in [0.1, 0.15) is 12.5 Å². The van der Waals surface area contributed by atoms with Crippen molar-refractivity contribution in [3.63, 3.8) is 0 Å². The highest BCUT2D eigenvalue weighted by molar-refractivity contribution is 9.10. The Morgan fingerprint density at radius 1 is 1.50 bits per heavy atom. The van der Waals surface area contributed by atoms with Crippen LogP contribution in [-0.2, 0) is 4.79 Å². The Balaban J connectivity index is 2.48. The smallest absolute Gasteiger partial charge is 0.244 e. The topological polar surface area (TPSA) is 52.6 Å². The number of hydrogen-bond acceptors (Lipinski definition) is 3. The first kappa shape index (κ1) is 16.9. The molecule has 1 aromatic rings. The quantitative estimate of drug-likeness (QED) is 0.777. The van der Waals surface area contributed by atoms with E-state index in [0.29, 0.717) is 6.54 Å².